The van der Waals surface area contributed by atoms with E-state index >= 15 is 0 Å². The summed E-state index contributed by atoms with van der Waals surface area (Å²) in [6.45, 7) is 4.17. The lowest BCUT2D eigenvalue weighted by Crippen LogP contribution is -2.06. The molecule has 0 aliphatic rings. The van der Waals surface area contributed by atoms with Gasteiger partial charge in [0.2, 0.25) is 0 Å². The van der Waals surface area contributed by atoms with Crippen LogP contribution in [0, 0.1) is 6.92 Å². The van der Waals surface area contributed by atoms with Crippen LogP contribution >= 0.6 is 23.1 Å². The predicted molar refractivity (Wildman–Crippen MR) is 77.1 cm³/mol. The van der Waals surface area contributed by atoms with Crippen LogP contribution in [0.1, 0.15) is 23.7 Å². The van der Waals surface area contributed by atoms with Gasteiger partial charge in [0.1, 0.15) is 0 Å². The predicted octanol–water partition coefficient (Wildman–Crippen LogP) is 4.35. The quantitative estimate of drug-likeness (QED) is 0.831. The molecule has 0 aliphatic carbocycles. The van der Waals surface area contributed by atoms with Crippen molar-refractivity contribution in [2.24, 2.45) is 0 Å². The Bertz CT molecular complexity index is 476. The first-order valence-electron chi connectivity index (χ1n) is 5.51. The van der Waals surface area contributed by atoms with Gasteiger partial charge in [-0.3, -0.25) is 0 Å². The number of thioether (sulfide) groups is 1. The van der Waals surface area contributed by atoms with Crippen LogP contribution in [0.3, 0.4) is 0 Å². The van der Waals surface area contributed by atoms with Crippen molar-refractivity contribution >= 4 is 28.8 Å². The lowest BCUT2D eigenvalue weighted by atomic mass is 10.2. The van der Waals surface area contributed by atoms with Crippen molar-refractivity contribution in [2.45, 2.75) is 24.8 Å². The van der Waals surface area contributed by atoms with Crippen molar-refractivity contribution in [3.8, 4) is 0 Å². The number of thiazole rings is 1. The van der Waals surface area contributed by atoms with Crippen molar-refractivity contribution in [1.82, 2.24) is 4.98 Å². The molecule has 0 saturated heterocycles. The summed E-state index contributed by atoms with van der Waals surface area (Å²) >= 11 is 3.45. The molecule has 0 bridgehead atoms. The van der Waals surface area contributed by atoms with Gasteiger partial charge in [-0.2, -0.15) is 0 Å². The maximum atomic E-state index is 4.49. The average molecular weight is 264 g/mol. The van der Waals surface area contributed by atoms with Gasteiger partial charge in [-0.25, -0.2) is 4.98 Å². The van der Waals surface area contributed by atoms with Gasteiger partial charge >= 0.3 is 0 Å². The number of benzene rings is 1. The lowest BCUT2D eigenvalue weighted by Gasteiger charge is -2.13. The van der Waals surface area contributed by atoms with Crippen molar-refractivity contribution in [2.75, 3.05) is 11.6 Å². The van der Waals surface area contributed by atoms with E-state index in [1.165, 1.54) is 4.90 Å². The summed E-state index contributed by atoms with van der Waals surface area (Å²) in [7, 11) is 0. The maximum absolute atomic E-state index is 4.49. The van der Waals surface area contributed by atoms with Crippen LogP contribution < -0.4 is 5.32 Å². The number of anilines is 1. The maximum Gasteiger partial charge on any atom is 0.0898 e. The molecular weight excluding hydrogens is 248 g/mol. The highest BCUT2D eigenvalue weighted by Crippen LogP contribution is 2.22. The Morgan fingerprint density at radius 3 is 2.53 bits per heavy atom. The van der Waals surface area contributed by atoms with E-state index in [4.69, 9.17) is 0 Å². The molecule has 2 nitrogen and oxygen atoms in total. The number of hydrogen-bond acceptors (Lipinski definition) is 4. The Balaban J connectivity index is 2.04. The van der Waals surface area contributed by atoms with Gasteiger partial charge in [-0.05, 0) is 44.4 Å². The van der Waals surface area contributed by atoms with Gasteiger partial charge < -0.3 is 5.32 Å². The molecule has 0 aliphatic heterocycles. The number of aromatic nitrogens is 1. The Kier molecular flexibility index (Phi) is 4.07. The molecule has 1 N–H and O–H groups in total. The normalized spacial score (nSPS) is 12.4. The van der Waals surface area contributed by atoms with Crippen LogP contribution in [0.5, 0.6) is 0 Å². The molecule has 2 aromatic rings. The third-order valence-electron chi connectivity index (χ3n) is 2.55. The molecule has 1 heterocycles. The first-order chi connectivity index (χ1) is 8.19. The summed E-state index contributed by atoms with van der Waals surface area (Å²) in [5.41, 5.74) is 2.25. The average Bonchev–Trinajstić information content (AvgIpc) is 2.77. The fraction of sp³-hybridized carbons (Fsp3) is 0.308. The highest BCUT2D eigenvalue weighted by atomic mass is 32.2. The molecule has 0 fully saturated rings. The summed E-state index contributed by atoms with van der Waals surface area (Å²) in [6, 6.07) is 8.74. The summed E-state index contributed by atoms with van der Waals surface area (Å²) < 4.78 is 0. The lowest BCUT2D eigenvalue weighted by molar-refractivity contribution is 0.845. The van der Waals surface area contributed by atoms with Gasteiger partial charge in [-0.15, -0.1) is 23.1 Å². The Labute approximate surface area is 110 Å². The number of nitrogens with zero attached hydrogens (tertiary/aromatic N) is 1. The third kappa shape index (κ3) is 3.23. The molecular formula is C13H16N2S2. The van der Waals surface area contributed by atoms with Crippen LogP contribution in [0.25, 0.3) is 0 Å². The second-order valence-corrected chi connectivity index (χ2v) is 5.83. The summed E-state index contributed by atoms with van der Waals surface area (Å²) in [4.78, 5) is 5.78. The van der Waals surface area contributed by atoms with Gasteiger partial charge in [0.05, 0.1) is 16.7 Å². The van der Waals surface area contributed by atoms with E-state index in [0.717, 1.165) is 16.4 Å². The van der Waals surface area contributed by atoms with Crippen LogP contribution in [0.2, 0.25) is 0 Å². The fourth-order valence-electron chi connectivity index (χ4n) is 1.59. The Morgan fingerprint density at radius 2 is 2.00 bits per heavy atom. The molecule has 0 amide bonds. The Hall–Kier alpha value is -1.00. The fourth-order valence-corrected chi connectivity index (χ4v) is 2.70. The SMILES string of the molecule is CSc1ccc(NC(C)c2csc(C)n2)cc1. The van der Waals surface area contributed by atoms with Crippen molar-refractivity contribution < 1.29 is 0 Å². The second-order valence-electron chi connectivity index (χ2n) is 3.89. The van der Waals surface area contributed by atoms with Gasteiger partial charge in [0.15, 0.2) is 0 Å². The van der Waals surface area contributed by atoms with E-state index < -0.39 is 0 Å². The largest absolute Gasteiger partial charge is 0.377 e. The molecule has 1 aromatic carbocycles. The van der Waals surface area contributed by atoms with Crippen molar-refractivity contribution in [3.63, 3.8) is 0 Å². The molecule has 90 valence electrons. The molecule has 1 aromatic heterocycles. The number of rotatable bonds is 4. The van der Waals surface area contributed by atoms with Gasteiger partial charge in [0.25, 0.3) is 0 Å². The summed E-state index contributed by atoms with van der Waals surface area (Å²) in [5.74, 6) is 0. The molecule has 17 heavy (non-hydrogen) atoms. The second kappa shape index (κ2) is 5.56. The van der Waals surface area contributed by atoms with Gasteiger partial charge in [-0.1, -0.05) is 0 Å². The monoisotopic (exact) mass is 264 g/mol. The highest BCUT2D eigenvalue weighted by Gasteiger charge is 2.08. The molecule has 1 atom stereocenters. The molecule has 2 rings (SSSR count). The minimum atomic E-state index is 0.250. The third-order valence-corrected chi connectivity index (χ3v) is 4.09. The van der Waals surface area contributed by atoms with Crippen molar-refractivity contribution in [1.29, 1.82) is 0 Å². The van der Waals surface area contributed by atoms with E-state index in [1.807, 2.05) is 6.92 Å². The molecule has 4 heteroatoms. The van der Waals surface area contributed by atoms with E-state index in [1.54, 1.807) is 23.1 Å². The number of nitrogens with one attached hydrogen (secondary N) is 1. The van der Waals surface area contributed by atoms with Crippen LogP contribution in [-0.4, -0.2) is 11.2 Å². The summed E-state index contributed by atoms with van der Waals surface area (Å²) in [6.07, 6.45) is 2.09. The topological polar surface area (TPSA) is 24.9 Å². The van der Waals surface area contributed by atoms with Crippen LogP contribution in [0.15, 0.2) is 34.5 Å². The zero-order valence-corrected chi connectivity index (χ0v) is 11.9. The van der Waals surface area contributed by atoms with E-state index in [0.29, 0.717) is 0 Å². The number of aryl methyl sites for hydroxylation is 1. The van der Waals surface area contributed by atoms with E-state index in [-0.39, 0.29) is 6.04 Å². The minimum Gasteiger partial charge on any atom is -0.377 e. The first kappa shape index (κ1) is 12.5. The zero-order valence-electron chi connectivity index (χ0n) is 10.2. The standard InChI is InChI=1S/C13H16N2S2/c1-9(13-8-17-10(2)15-13)14-11-4-6-12(16-3)7-5-11/h4-9,14H,1-3H3. The number of hydrogen-bond donors (Lipinski definition) is 1. The van der Waals surface area contributed by atoms with Crippen LogP contribution in [-0.2, 0) is 0 Å². The zero-order chi connectivity index (χ0) is 12.3. The van der Waals surface area contributed by atoms with Crippen LogP contribution in [0.4, 0.5) is 5.69 Å². The molecule has 1 unspecified atom stereocenters. The molecule has 0 radical (unpaired) electrons. The smallest absolute Gasteiger partial charge is 0.0898 e. The highest BCUT2D eigenvalue weighted by molar-refractivity contribution is 7.98. The van der Waals surface area contributed by atoms with E-state index in [9.17, 15) is 0 Å². The summed E-state index contributed by atoms with van der Waals surface area (Å²) in [5, 5.41) is 6.69. The van der Waals surface area contributed by atoms with E-state index in [2.05, 4.69) is 53.1 Å². The first-order valence-corrected chi connectivity index (χ1v) is 7.62. The van der Waals surface area contributed by atoms with Crippen molar-refractivity contribution in [3.05, 3.63) is 40.3 Å². The van der Waals surface area contributed by atoms with Gasteiger partial charge in [0, 0.05) is 16.0 Å². The minimum absolute atomic E-state index is 0.250. The molecule has 0 saturated carbocycles. The Morgan fingerprint density at radius 1 is 1.29 bits per heavy atom. The molecule has 0 spiro atoms.